The van der Waals surface area contributed by atoms with Gasteiger partial charge in [0.25, 0.3) is 0 Å². The first-order valence-electron chi connectivity index (χ1n) is 11.0. The molecule has 0 saturated carbocycles. The van der Waals surface area contributed by atoms with Crippen molar-refractivity contribution in [2.75, 3.05) is 26.5 Å². The number of hydrogen-bond donors (Lipinski definition) is 2. The lowest BCUT2D eigenvalue weighted by atomic mass is 10.1. The van der Waals surface area contributed by atoms with E-state index < -0.39 is 0 Å². The number of hydrogen-bond acceptors (Lipinski definition) is 8. The van der Waals surface area contributed by atoms with E-state index in [0.717, 1.165) is 30.3 Å². The lowest BCUT2D eigenvalue weighted by molar-refractivity contribution is -0.118. The van der Waals surface area contributed by atoms with Gasteiger partial charge in [0.1, 0.15) is 5.75 Å². The zero-order valence-electron chi connectivity index (χ0n) is 19.7. The minimum atomic E-state index is -0.0427. The van der Waals surface area contributed by atoms with Crippen LogP contribution in [0.2, 0.25) is 0 Å². The van der Waals surface area contributed by atoms with E-state index in [9.17, 15) is 9.90 Å². The van der Waals surface area contributed by atoms with Gasteiger partial charge in [-0.15, -0.1) is 11.3 Å². The zero-order valence-corrected chi connectivity index (χ0v) is 22.9. The number of nitrogens with one attached hydrogen (secondary N) is 1. The molecule has 2 N–H and O–H groups in total. The molecule has 0 aliphatic rings. The molecule has 1 aromatic heterocycles. The van der Waals surface area contributed by atoms with E-state index in [1.54, 1.807) is 38.6 Å². The number of thiazole rings is 1. The Morgan fingerprint density at radius 3 is 2.78 bits per heavy atom. The molecule has 1 heterocycles. The normalized spacial score (nSPS) is 11.2. The maximum atomic E-state index is 12.3. The topological polar surface area (TPSA) is 93.0 Å². The van der Waals surface area contributed by atoms with Gasteiger partial charge in [0.15, 0.2) is 15.8 Å². The van der Waals surface area contributed by atoms with Crippen LogP contribution in [-0.4, -0.2) is 48.7 Å². The number of aliphatic imine (C=N–C) groups is 1. The number of amides is 1. The Morgan fingerprint density at radius 1 is 1.14 bits per heavy atom. The molecule has 36 heavy (non-hydrogen) atoms. The molecule has 0 bridgehead atoms. The van der Waals surface area contributed by atoms with Crippen molar-refractivity contribution in [2.24, 2.45) is 4.99 Å². The molecule has 0 spiro atoms. The number of halogens is 1. The summed E-state index contributed by atoms with van der Waals surface area (Å²) in [5.41, 5.74) is 3.30. The first-order valence-corrected chi connectivity index (χ1v) is 13.6. The molecular formula is C26H24BrN3O4S2. The summed E-state index contributed by atoms with van der Waals surface area (Å²) in [7, 11) is 3.21. The molecule has 0 aliphatic carbocycles. The molecule has 1 amide bonds. The van der Waals surface area contributed by atoms with Gasteiger partial charge in [-0.2, -0.15) is 0 Å². The summed E-state index contributed by atoms with van der Waals surface area (Å²) in [6, 6.07) is 16.7. The van der Waals surface area contributed by atoms with E-state index in [0.29, 0.717) is 35.8 Å². The Bertz CT molecular complexity index is 1410. The van der Waals surface area contributed by atoms with E-state index in [1.165, 1.54) is 23.1 Å². The highest BCUT2D eigenvalue weighted by Gasteiger charge is 2.09. The number of phenolic OH excluding ortho intramolecular Hbond substituents is 1. The monoisotopic (exact) mass is 585 g/mol. The molecule has 0 unspecified atom stereocenters. The van der Waals surface area contributed by atoms with Crippen LogP contribution in [-0.2, 0) is 11.2 Å². The van der Waals surface area contributed by atoms with Crippen molar-refractivity contribution in [3.63, 3.8) is 0 Å². The van der Waals surface area contributed by atoms with Gasteiger partial charge < -0.3 is 19.9 Å². The van der Waals surface area contributed by atoms with Gasteiger partial charge in [-0.05, 0) is 60.5 Å². The van der Waals surface area contributed by atoms with Crippen molar-refractivity contribution in [3.05, 3.63) is 70.2 Å². The number of rotatable bonds is 10. The van der Waals surface area contributed by atoms with E-state index >= 15 is 0 Å². The summed E-state index contributed by atoms with van der Waals surface area (Å²) in [4.78, 5) is 21.4. The second kappa shape index (κ2) is 12.2. The van der Waals surface area contributed by atoms with Crippen molar-refractivity contribution >= 4 is 67.1 Å². The van der Waals surface area contributed by atoms with Crippen molar-refractivity contribution < 1.29 is 19.4 Å². The SMILES string of the molecule is COc1ccc(CCNC(=O)CSc2nc3ccc(N=Cc4cc(Br)ccc4O)cc3s2)cc1OC. The van der Waals surface area contributed by atoms with Crippen LogP contribution in [0.15, 0.2) is 68.4 Å². The largest absolute Gasteiger partial charge is 0.507 e. The number of phenols is 1. The molecule has 186 valence electrons. The fourth-order valence-electron chi connectivity index (χ4n) is 3.37. The van der Waals surface area contributed by atoms with Crippen LogP contribution >= 0.6 is 39.0 Å². The molecule has 0 saturated heterocycles. The Kier molecular flexibility index (Phi) is 8.84. The Balaban J connectivity index is 1.30. The highest BCUT2D eigenvalue weighted by atomic mass is 79.9. The van der Waals surface area contributed by atoms with Crippen LogP contribution in [0.4, 0.5) is 5.69 Å². The Morgan fingerprint density at radius 2 is 1.97 bits per heavy atom. The number of ether oxygens (including phenoxy) is 2. The minimum absolute atomic E-state index is 0.0427. The molecule has 10 heteroatoms. The van der Waals surface area contributed by atoms with Gasteiger partial charge in [-0.25, -0.2) is 4.98 Å². The van der Waals surface area contributed by atoms with Crippen molar-refractivity contribution in [3.8, 4) is 17.2 Å². The maximum absolute atomic E-state index is 12.3. The predicted molar refractivity (Wildman–Crippen MR) is 150 cm³/mol. The maximum Gasteiger partial charge on any atom is 0.230 e. The summed E-state index contributed by atoms with van der Waals surface area (Å²) in [5, 5.41) is 12.9. The van der Waals surface area contributed by atoms with Gasteiger partial charge in [0.05, 0.1) is 35.9 Å². The second-order valence-corrected chi connectivity index (χ2v) is 10.8. The van der Waals surface area contributed by atoms with Crippen LogP contribution in [0.5, 0.6) is 17.2 Å². The molecular weight excluding hydrogens is 562 g/mol. The Labute approximate surface area is 225 Å². The zero-order chi connectivity index (χ0) is 25.5. The number of fused-ring (bicyclic) bond motifs is 1. The van der Waals surface area contributed by atoms with Crippen LogP contribution < -0.4 is 14.8 Å². The van der Waals surface area contributed by atoms with E-state index in [-0.39, 0.29) is 11.7 Å². The number of carbonyl (C=O) groups is 1. The quantitative estimate of drug-likeness (QED) is 0.175. The summed E-state index contributed by atoms with van der Waals surface area (Å²) in [6.07, 6.45) is 2.32. The molecule has 7 nitrogen and oxygen atoms in total. The highest BCUT2D eigenvalue weighted by Crippen LogP contribution is 2.32. The molecule has 0 fully saturated rings. The average molecular weight is 587 g/mol. The molecule has 0 aliphatic heterocycles. The van der Waals surface area contributed by atoms with E-state index in [1.807, 2.05) is 36.4 Å². The van der Waals surface area contributed by atoms with Crippen LogP contribution in [0.25, 0.3) is 10.2 Å². The third-order valence-electron chi connectivity index (χ3n) is 5.21. The first kappa shape index (κ1) is 26.0. The highest BCUT2D eigenvalue weighted by molar-refractivity contribution is 9.10. The molecule has 3 aromatic carbocycles. The van der Waals surface area contributed by atoms with Gasteiger partial charge in [-0.1, -0.05) is 33.8 Å². The third kappa shape index (κ3) is 6.77. The molecule has 0 radical (unpaired) electrons. The summed E-state index contributed by atoms with van der Waals surface area (Å²) in [5.74, 6) is 1.77. The van der Waals surface area contributed by atoms with E-state index in [4.69, 9.17) is 9.47 Å². The minimum Gasteiger partial charge on any atom is -0.507 e. The number of methoxy groups -OCH3 is 2. The summed E-state index contributed by atoms with van der Waals surface area (Å²) < 4.78 is 13.3. The van der Waals surface area contributed by atoms with Crippen LogP contribution in [0.3, 0.4) is 0 Å². The number of thioether (sulfide) groups is 1. The van der Waals surface area contributed by atoms with Gasteiger partial charge in [0.2, 0.25) is 5.91 Å². The standard InChI is InChI=1S/C26H24BrN3O4S2/c1-33-22-8-3-16(11-23(22)34-2)9-10-28-25(32)15-35-26-30-20-6-5-19(13-24(20)36-26)29-14-17-12-18(27)4-7-21(17)31/h3-8,11-14,31H,9-10,15H2,1-2H3,(H,28,32). The van der Waals surface area contributed by atoms with Gasteiger partial charge >= 0.3 is 0 Å². The van der Waals surface area contributed by atoms with Crippen LogP contribution in [0, 0.1) is 0 Å². The van der Waals surface area contributed by atoms with Gasteiger partial charge in [0, 0.05) is 22.8 Å². The smallest absolute Gasteiger partial charge is 0.230 e. The van der Waals surface area contributed by atoms with Crippen molar-refractivity contribution in [1.29, 1.82) is 0 Å². The molecule has 4 aromatic rings. The fraction of sp³-hybridized carbons (Fsp3) is 0.192. The predicted octanol–water partition coefficient (Wildman–Crippen LogP) is 5.98. The average Bonchev–Trinajstić information content (AvgIpc) is 3.30. The number of aromatic hydroxyl groups is 1. The first-order chi connectivity index (χ1) is 17.4. The lowest BCUT2D eigenvalue weighted by Crippen LogP contribution is -2.27. The summed E-state index contributed by atoms with van der Waals surface area (Å²) >= 11 is 6.34. The van der Waals surface area contributed by atoms with Crippen molar-refractivity contribution in [1.82, 2.24) is 10.3 Å². The van der Waals surface area contributed by atoms with Crippen LogP contribution in [0.1, 0.15) is 11.1 Å². The fourth-order valence-corrected chi connectivity index (χ4v) is 5.68. The molecule has 0 atom stereocenters. The second-order valence-electron chi connectivity index (χ2n) is 7.67. The third-order valence-corrected chi connectivity index (χ3v) is 7.86. The number of nitrogens with zero attached hydrogens (tertiary/aromatic N) is 2. The summed E-state index contributed by atoms with van der Waals surface area (Å²) in [6.45, 7) is 0.531. The van der Waals surface area contributed by atoms with Crippen molar-refractivity contribution in [2.45, 2.75) is 10.8 Å². The van der Waals surface area contributed by atoms with E-state index in [2.05, 4.69) is 31.2 Å². The van der Waals surface area contributed by atoms with Gasteiger partial charge in [-0.3, -0.25) is 9.79 Å². The number of benzene rings is 3. The number of carbonyl (C=O) groups excluding carboxylic acids is 1. The number of aromatic nitrogens is 1. The lowest BCUT2D eigenvalue weighted by Gasteiger charge is -2.10. The Hall–Kier alpha value is -3.08. The molecule has 4 rings (SSSR count).